The average molecular weight is 239 g/mol. The molecule has 1 aliphatic heterocycles. The van der Waals surface area contributed by atoms with E-state index in [0.29, 0.717) is 11.1 Å². The summed E-state index contributed by atoms with van der Waals surface area (Å²) in [6, 6.07) is 3.91. The zero-order valence-corrected chi connectivity index (χ0v) is 9.54. The Bertz CT molecular complexity index is 628. The van der Waals surface area contributed by atoms with Gasteiger partial charge in [-0.25, -0.2) is 8.42 Å². The fraction of sp³-hybridized carbons (Fsp3) is 0.200. The molecule has 0 radical (unpaired) electrons. The van der Waals surface area contributed by atoms with Gasteiger partial charge in [-0.15, -0.1) is 0 Å². The number of allylic oxidation sites excluding steroid dienone is 2. The molecule has 0 spiro atoms. The van der Waals surface area contributed by atoms with Crippen LogP contribution in [0.2, 0.25) is 0 Å². The highest BCUT2D eigenvalue weighted by atomic mass is 32.2. The van der Waals surface area contributed by atoms with Crippen LogP contribution in [0, 0.1) is 10.1 Å². The minimum absolute atomic E-state index is 0.0386. The van der Waals surface area contributed by atoms with Gasteiger partial charge in [-0.2, -0.15) is 0 Å². The van der Waals surface area contributed by atoms with Crippen molar-refractivity contribution >= 4 is 21.1 Å². The largest absolute Gasteiger partial charge is 0.270 e. The van der Waals surface area contributed by atoms with Crippen LogP contribution in [0.15, 0.2) is 28.0 Å². The summed E-state index contributed by atoms with van der Waals surface area (Å²) in [6.45, 7) is 3.21. The van der Waals surface area contributed by atoms with Crippen molar-refractivity contribution in [3.8, 4) is 0 Å². The van der Waals surface area contributed by atoms with Gasteiger partial charge in [0, 0.05) is 17.0 Å². The summed E-state index contributed by atoms with van der Waals surface area (Å²) in [5.74, 6) is 0. The van der Waals surface area contributed by atoms with Crippen molar-refractivity contribution < 1.29 is 13.3 Å². The number of rotatable bonds is 1. The zero-order chi connectivity index (χ0) is 12.1. The second-order valence-corrected chi connectivity index (χ2v) is 5.68. The molecule has 0 atom stereocenters. The van der Waals surface area contributed by atoms with Crippen molar-refractivity contribution in [2.45, 2.75) is 18.7 Å². The molecule has 0 amide bonds. The van der Waals surface area contributed by atoms with Crippen LogP contribution in [0.4, 0.5) is 5.69 Å². The van der Waals surface area contributed by atoms with E-state index in [1.807, 2.05) is 0 Å². The lowest BCUT2D eigenvalue weighted by Gasteiger charge is -1.99. The Morgan fingerprint density at radius 1 is 1.25 bits per heavy atom. The van der Waals surface area contributed by atoms with Gasteiger partial charge in [0.05, 0.1) is 9.82 Å². The van der Waals surface area contributed by atoms with E-state index >= 15 is 0 Å². The van der Waals surface area contributed by atoms with Crippen LogP contribution in [0.3, 0.4) is 0 Å². The predicted octanol–water partition coefficient (Wildman–Crippen LogP) is 2.13. The maximum atomic E-state index is 11.9. The van der Waals surface area contributed by atoms with E-state index in [-0.39, 0.29) is 15.5 Å². The Morgan fingerprint density at radius 2 is 1.88 bits per heavy atom. The van der Waals surface area contributed by atoms with Crippen LogP contribution in [0.25, 0.3) is 5.57 Å². The lowest BCUT2D eigenvalue weighted by Crippen LogP contribution is -1.99. The van der Waals surface area contributed by atoms with Gasteiger partial charge in [-0.3, -0.25) is 10.1 Å². The number of hydrogen-bond acceptors (Lipinski definition) is 4. The van der Waals surface area contributed by atoms with E-state index in [0.717, 1.165) is 6.07 Å². The van der Waals surface area contributed by atoms with Gasteiger partial charge in [0.2, 0.25) is 9.84 Å². The maximum absolute atomic E-state index is 11.9. The number of benzene rings is 1. The first-order chi connectivity index (χ1) is 7.35. The molecule has 0 N–H and O–H groups in total. The molecular weight excluding hydrogens is 230 g/mol. The third-order valence-corrected chi connectivity index (χ3v) is 4.83. The quantitative estimate of drug-likeness (QED) is 0.555. The summed E-state index contributed by atoms with van der Waals surface area (Å²) < 4.78 is 23.8. The SMILES string of the molecule is CC1=C(C)S(=O)(=O)c2cc([N+](=O)[O-])ccc21. The molecule has 0 aromatic heterocycles. The fourth-order valence-electron chi connectivity index (χ4n) is 1.71. The molecule has 0 saturated carbocycles. The monoisotopic (exact) mass is 239 g/mol. The van der Waals surface area contributed by atoms with Crippen molar-refractivity contribution in [2.24, 2.45) is 0 Å². The van der Waals surface area contributed by atoms with Crippen LogP contribution >= 0.6 is 0 Å². The highest BCUT2D eigenvalue weighted by Crippen LogP contribution is 2.39. The topological polar surface area (TPSA) is 77.3 Å². The van der Waals surface area contributed by atoms with Crippen molar-refractivity contribution in [3.63, 3.8) is 0 Å². The molecule has 6 heteroatoms. The van der Waals surface area contributed by atoms with Crippen LogP contribution in [0.5, 0.6) is 0 Å². The van der Waals surface area contributed by atoms with Crippen LogP contribution < -0.4 is 0 Å². The molecule has 1 aliphatic rings. The molecule has 0 unspecified atom stereocenters. The molecule has 1 aromatic rings. The van der Waals surface area contributed by atoms with Crippen molar-refractivity contribution in [3.05, 3.63) is 38.8 Å². The third kappa shape index (κ3) is 1.26. The normalized spacial score (nSPS) is 17.4. The Balaban J connectivity index is 2.78. The van der Waals surface area contributed by atoms with E-state index in [4.69, 9.17) is 0 Å². The van der Waals surface area contributed by atoms with Gasteiger partial charge in [0.1, 0.15) is 0 Å². The van der Waals surface area contributed by atoms with E-state index in [1.54, 1.807) is 6.92 Å². The highest BCUT2D eigenvalue weighted by Gasteiger charge is 2.32. The summed E-state index contributed by atoms with van der Waals surface area (Å²) in [6.07, 6.45) is 0. The van der Waals surface area contributed by atoms with Gasteiger partial charge in [-0.1, -0.05) is 0 Å². The smallest absolute Gasteiger partial charge is 0.258 e. The maximum Gasteiger partial charge on any atom is 0.270 e. The van der Waals surface area contributed by atoms with Gasteiger partial charge >= 0.3 is 0 Å². The first-order valence-corrected chi connectivity index (χ1v) is 6.05. The van der Waals surface area contributed by atoms with E-state index in [2.05, 4.69) is 0 Å². The van der Waals surface area contributed by atoms with E-state index in [9.17, 15) is 18.5 Å². The summed E-state index contributed by atoms with van der Waals surface area (Å²) in [4.78, 5) is 10.3. The Kier molecular flexibility index (Phi) is 2.13. The molecule has 2 rings (SSSR count). The molecule has 5 nitrogen and oxygen atoms in total. The minimum Gasteiger partial charge on any atom is -0.258 e. The van der Waals surface area contributed by atoms with Gasteiger partial charge in [-0.05, 0) is 31.1 Å². The van der Waals surface area contributed by atoms with Crippen LogP contribution in [0.1, 0.15) is 19.4 Å². The molecular formula is C10H9NO4S. The molecule has 0 aliphatic carbocycles. The molecule has 0 saturated heterocycles. The molecule has 1 aromatic carbocycles. The zero-order valence-electron chi connectivity index (χ0n) is 8.72. The summed E-state index contributed by atoms with van der Waals surface area (Å²) in [5, 5.41) is 10.6. The minimum atomic E-state index is -3.51. The Labute approximate surface area is 92.5 Å². The molecule has 1 heterocycles. The number of nitrogens with zero attached hydrogens (tertiary/aromatic N) is 1. The second-order valence-electron chi connectivity index (χ2n) is 3.62. The summed E-state index contributed by atoms with van der Waals surface area (Å²) in [5.41, 5.74) is 1.01. The first kappa shape index (κ1) is 10.8. The molecule has 16 heavy (non-hydrogen) atoms. The molecule has 0 fully saturated rings. The number of nitro groups is 1. The third-order valence-electron chi connectivity index (χ3n) is 2.80. The molecule has 0 bridgehead atoms. The van der Waals surface area contributed by atoms with Crippen molar-refractivity contribution in [2.75, 3.05) is 0 Å². The Hall–Kier alpha value is -1.69. The summed E-state index contributed by atoms with van der Waals surface area (Å²) >= 11 is 0. The van der Waals surface area contributed by atoms with Gasteiger partial charge in [0.25, 0.3) is 5.69 Å². The number of fused-ring (bicyclic) bond motifs is 1. The Morgan fingerprint density at radius 3 is 2.44 bits per heavy atom. The van der Waals surface area contributed by atoms with Crippen molar-refractivity contribution in [1.29, 1.82) is 0 Å². The highest BCUT2D eigenvalue weighted by molar-refractivity contribution is 7.95. The first-order valence-electron chi connectivity index (χ1n) is 4.57. The number of sulfone groups is 1. The van der Waals surface area contributed by atoms with Crippen LogP contribution in [-0.2, 0) is 9.84 Å². The fourth-order valence-corrected chi connectivity index (χ4v) is 3.34. The number of non-ortho nitro benzene ring substituents is 1. The average Bonchev–Trinajstić information content (AvgIpc) is 2.40. The molecule has 84 valence electrons. The lowest BCUT2D eigenvalue weighted by molar-refractivity contribution is -0.385. The van der Waals surface area contributed by atoms with Crippen molar-refractivity contribution in [1.82, 2.24) is 0 Å². The van der Waals surface area contributed by atoms with Crippen LogP contribution in [-0.4, -0.2) is 13.3 Å². The standard InChI is InChI=1S/C10H9NO4S/c1-6-7(2)16(14,15)10-5-8(11(12)13)3-4-9(6)10/h3-5H,1-2H3. The van der Waals surface area contributed by atoms with Gasteiger partial charge < -0.3 is 0 Å². The van der Waals surface area contributed by atoms with E-state index < -0.39 is 14.8 Å². The van der Waals surface area contributed by atoms with E-state index in [1.165, 1.54) is 19.1 Å². The summed E-state index contributed by atoms with van der Waals surface area (Å²) in [7, 11) is -3.51. The lowest BCUT2D eigenvalue weighted by atomic mass is 10.1. The number of nitro benzene ring substituents is 1. The predicted molar refractivity (Wildman–Crippen MR) is 58.6 cm³/mol. The second kappa shape index (κ2) is 3.15. The number of hydrogen-bond donors (Lipinski definition) is 0. The van der Waals surface area contributed by atoms with Gasteiger partial charge in [0.15, 0.2) is 0 Å².